The van der Waals surface area contributed by atoms with Crippen molar-refractivity contribution in [3.8, 4) is 0 Å². The maximum absolute atomic E-state index is 12.5. The molecule has 0 aromatic heterocycles. The molecule has 0 spiro atoms. The minimum absolute atomic E-state index is 0.116. The first kappa shape index (κ1) is 16.8. The van der Waals surface area contributed by atoms with Crippen LogP contribution in [-0.4, -0.2) is 18.8 Å². The van der Waals surface area contributed by atoms with Gasteiger partial charge in [0.1, 0.15) is 0 Å². The fourth-order valence-corrected chi connectivity index (χ4v) is 2.79. The van der Waals surface area contributed by atoms with Crippen molar-refractivity contribution in [1.82, 2.24) is 5.32 Å². The molecule has 1 rings (SSSR count). The average Bonchev–Trinajstić information content (AvgIpc) is 2.37. The zero-order valence-corrected chi connectivity index (χ0v) is 12.1. The lowest BCUT2D eigenvalue weighted by molar-refractivity contribution is -0.179. The number of hydrogen-bond acceptors (Lipinski definition) is 1. The summed E-state index contributed by atoms with van der Waals surface area (Å²) in [6.45, 7) is 2.33. The van der Waals surface area contributed by atoms with Crippen LogP contribution in [0.25, 0.3) is 0 Å². The van der Waals surface area contributed by atoms with Crippen LogP contribution in [0.3, 0.4) is 0 Å². The highest BCUT2D eigenvalue weighted by Gasteiger charge is 2.41. The Morgan fingerprint density at radius 1 is 0.947 bits per heavy atom. The van der Waals surface area contributed by atoms with Crippen molar-refractivity contribution in [2.24, 2.45) is 5.92 Å². The summed E-state index contributed by atoms with van der Waals surface area (Å²) in [6, 6.07) is 0.314. The van der Waals surface area contributed by atoms with Crippen LogP contribution in [0.5, 0.6) is 0 Å². The first-order valence-corrected chi connectivity index (χ1v) is 7.84. The minimum Gasteiger partial charge on any atom is -0.313 e. The molecule has 0 aromatic rings. The van der Waals surface area contributed by atoms with E-state index in [2.05, 4.69) is 12.2 Å². The van der Waals surface area contributed by atoms with Gasteiger partial charge in [0.25, 0.3) is 0 Å². The van der Waals surface area contributed by atoms with Crippen LogP contribution in [0.1, 0.15) is 71.1 Å². The van der Waals surface area contributed by atoms with Crippen LogP contribution in [0, 0.1) is 5.92 Å². The Morgan fingerprint density at radius 2 is 1.58 bits per heavy atom. The molecule has 0 amide bonds. The Labute approximate surface area is 115 Å². The number of unbranched alkanes of at least 4 members (excludes halogenated alkanes) is 6. The fourth-order valence-electron chi connectivity index (χ4n) is 2.79. The highest BCUT2D eigenvalue weighted by atomic mass is 19.4. The van der Waals surface area contributed by atoms with E-state index in [9.17, 15) is 13.2 Å². The molecule has 114 valence electrons. The van der Waals surface area contributed by atoms with E-state index in [1.54, 1.807) is 0 Å². The van der Waals surface area contributed by atoms with Crippen molar-refractivity contribution < 1.29 is 13.2 Å². The van der Waals surface area contributed by atoms with E-state index >= 15 is 0 Å². The van der Waals surface area contributed by atoms with Gasteiger partial charge in [-0.2, -0.15) is 13.2 Å². The molecule has 1 saturated heterocycles. The van der Waals surface area contributed by atoms with E-state index in [0.29, 0.717) is 18.9 Å². The normalized spacial score (nSPS) is 24.6. The highest BCUT2D eigenvalue weighted by Crippen LogP contribution is 2.32. The van der Waals surface area contributed by atoms with Gasteiger partial charge >= 0.3 is 6.18 Å². The zero-order valence-electron chi connectivity index (χ0n) is 12.1. The van der Waals surface area contributed by atoms with Crippen LogP contribution in [0.2, 0.25) is 0 Å². The molecule has 1 heterocycles. The van der Waals surface area contributed by atoms with Gasteiger partial charge in [0, 0.05) is 12.6 Å². The second kappa shape index (κ2) is 8.83. The molecule has 1 aliphatic heterocycles. The van der Waals surface area contributed by atoms with Crippen molar-refractivity contribution in [2.75, 3.05) is 6.54 Å². The first-order valence-electron chi connectivity index (χ1n) is 7.84. The predicted molar refractivity (Wildman–Crippen MR) is 73.2 cm³/mol. The largest absolute Gasteiger partial charge is 0.393 e. The summed E-state index contributed by atoms with van der Waals surface area (Å²) in [5.74, 6) is -1.13. The monoisotopic (exact) mass is 279 g/mol. The molecule has 1 fully saturated rings. The maximum Gasteiger partial charge on any atom is 0.393 e. The van der Waals surface area contributed by atoms with Gasteiger partial charge in [0.15, 0.2) is 0 Å². The molecule has 1 aliphatic rings. The molecule has 2 atom stereocenters. The van der Waals surface area contributed by atoms with Gasteiger partial charge in [-0.1, -0.05) is 51.9 Å². The van der Waals surface area contributed by atoms with Gasteiger partial charge in [-0.25, -0.2) is 0 Å². The lowest BCUT2D eigenvalue weighted by Gasteiger charge is -2.31. The Hall–Kier alpha value is -0.250. The molecule has 4 heteroatoms. The van der Waals surface area contributed by atoms with Crippen molar-refractivity contribution in [1.29, 1.82) is 0 Å². The van der Waals surface area contributed by atoms with Gasteiger partial charge in [-0.05, 0) is 19.3 Å². The average molecular weight is 279 g/mol. The molecule has 2 unspecified atom stereocenters. The van der Waals surface area contributed by atoms with Crippen LogP contribution < -0.4 is 5.32 Å². The second-order valence-corrected chi connectivity index (χ2v) is 5.83. The third-order valence-electron chi connectivity index (χ3n) is 4.14. The van der Waals surface area contributed by atoms with Crippen molar-refractivity contribution in [2.45, 2.75) is 83.4 Å². The lowest BCUT2D eigenvalue weighted by Crippen LogP contribution is -2.44. The lowest BCUT2D eigenvalue weighted by atomic mass is 9.91. The number of alkyl halides is 3. The summed E-state index contributed by atoms with van der Waals surface area (Å²) in [5.41, 5.74) is 0. The number of piperidine rings is 1. The van der Waals surface area contributed by atoms with Crippen molar-refractivity contribution >= 4 is 0 Å². The Morgan fingerprint density at radius 3 is 2.11 bits per heavy atom. The molecule has 0 aromatic carbocycles. The van der Waals surface area contributed by atoms with Crippen molar-refractivity contribution in [3.63, 3.8) is 0 Å². The molecule has 1 N–H and O–H groups in total. The number of hydrogen-bond donors (Lipinski definition) is 1. The van der Waals surface area contributed by atoms with E-state index in [1.807, 2.05) is 0 Å². The van der Waals surface area contributed by atoms with Gasteiger partial charge in [-0.3, -0.25) is 0 Å². The van der Waals surface area contributed by atoms with E-state index in [1.165, 1.54) is 38.5 Å². The number of nitrogens with one attached hydrogen (secondary N) is 1. The summed E-state index contributed by atoms with van der Waals surface area (Å²) in [4.78, 5) is 0. The topological polar surface area (TPSA) is 12.0 Å². The molecule has 19 heavy (non-hydrogen) atoms. The van der Waals surface area contributed by atoms with Crippen LogP contribution >= 0.6 is 0 Å². The van der Waals surface area contributed by atoms with Gasteiger partial charge in [0.2, 0.25) is 0 Å². The molecular weight excluding hydrogens is 251 g/mol. The summed E-state index contributed by atoms with van der Waals surface area (Å²) >= 11 is 0. The van der Waals surface area contributed by atoms with Crippen molar-refractivity contribution in [3.05, 3.63) is 0 Å². The van der Waals surface area contributed by atoms with Gasteiger partial charge in [0.05, 0.1) is 5.92 Å². The first-order chi connectivity index (χ1) is 9.04. The molecule has 0 bridgehead atoms. The molecular formula is C15H28F3N. The summed E-state index contributed by atoms with van der Waals surface area (Å²) in [7, 11) is 0. The highest BCUT2D eigenvalue weighted by molar-refractivity contribution is 4.81. The molecule has 1 nitrogen and oxygen atoms in total. The second-order valence-electron chi connectivity index (χ2n) is 5.83. The van der Waals surface area contributed by atoms with Crippen LogP contribution in [0.4, 0.5) is 13.2 Å². The SMILES string of the molecule is CCCCCCCCCC1CCC(C(F)(F)F)CN1. The predicted octanol–water partition coefficient (Wildman–Crippen LogP) is 5.06. The van der Waals surface area contributed by atoms with Crippen LogP contribution in [-0.2, 0) is 0 Å². The summed E-state index contributed by atoms with van der Waals surface area (Å²) < 4.78 is 37.4. The maximum atomic E-state index is 12.5. The standard InChI is InChI=1S/C15H28F3N/c1-2-3-4-5-6-7-8-9-14-11-10-13(12-19-14)15(16,17)18/h13-14,19H,2-12H2,1H3. The number of rotatable bonds is 8. The third-order valence-corrected chi connectivity index (χ3v) is 4.14. The third kappa shape index (κ3) is 7.19. The molecule has 0 saturated carbocycles. The minimum atomic E-state index is -4.02. The van der Waals surface area contributed by atoms with E-state index < -0.39 is 12.1 Å². The Kier molecular flexibility index (Phi) is 7.81. The van der Waals surface area contributed by atoms with Gasteiger partial charge in [-0.15, -0.1) is 0 Å². The van der Waals surface area contributed by atoms with E-state index in [4.69, 9.17) is 0 Å². The quantitative estimate of drug-likeness (QED) is 0.612. The molecule has 0 aliphatic carbocycles. The van der Waals surface area contributed by atoms with Gasteiger partial charge < -0.3 is 5.32 Å². The Bertz CT molecular complexity index is 220. The fraction of sp³-hybridized carbons (Fsp3) is 1.00. The zero-order chi connectivity index (χ0) is 14.1. The smallest absolute Gasteiger partial charge is 0.313 e. The summed E-state index contributed by atoms with van der Waals surface area (Å²) in [5, 5.41) is 3.07. The molecule has 0 radical (unpaired) electrons. The van der Waals surface area contributed by atoms with Crippen LogP contribution in [0.15, 0.2) is 0 Å². The summed E-state index contributed by atoms with van der Waals surface area (Å²) in [6.07, 6.45) is 6.89. The van der Waals surface area contributed by atoms with E-state index in [0.717, 1.165) is 12.8 Å². The van der Waals surface area contributed by atoms with E-state index in [-0.39, 0.29) is 6.54 Å². The number of halogens is 3. The Balaban J connectivity index is 1.98.